The van der Waals surface area contributed by atoms with Crippen LogP contribution in [0.4, 0.5) is 5.82 Å². The first-order valence-corrected chi connectivity index (χ1v) is 6.35. The quantitative estimate of drug-likeness (QED) is 0.754. The Bertz CT molecular complexity index is 532. The van der Waals surface area contributed by atoms with Gasteiger partial charge in [-0.1, -0.05) is 0 Å². The van der Waals surface area contributed by atoms with Crippen LogP contribution in [0.5, 0.6) is 0 Å². The fourth-order valence-corrected chi connectivity index (χ4v) is 2.30. The number of hydrogen-bond donors (Lipinski definition) is 0. The van der Waals surface area contributed by atoms with E-state index in [-0.39, 0.29) is 17.8 Å². The van der Waals surface area contributed by atoms with Crippen LogP contribution < -0.4 is 4.90 Å². The molecule has 1 aromatic rings. The lowest BCUT2D eigenvalue weighted by Crippen LogP contribution is -2.37. The summed E-state index contributed by atoms with van der Waals surface area (Å²) in [7, 11) is 2.64. The number of nitrogens with zero attached hydrogens (tertiary/aromatic N) is 3. The van der Waals surface area contributed by atoms with E-state index in [1.807, 2.05) is 4.90 Å². The van der Waals surface area contributed by atoms with E-state index < -0.39 is 5.97 Å². The summed E-state index contributed by atoms with van der Waals surface area (Å²) in [6.07, 6.45) is 1.58. The van der Waals surface area contributed by atoms with Crippen molar-refractivity contribution in [3.63, 3.8) is 0 Å². The second-order valence-corrected chi connectivity index (χ2v) is 4.56. The standard InChI is InChI=1S/C13H17N3O4/c1-8-7-10(15-11(14-8)13(18)20-3)16-6-4-5-9(16)12(17)19-2/h7,9H,4-6H2,1-3H3. The maximum atomic E-state index is 11.8. The third kappa shape index (κ3) is 2.71. The van der Waals surface area contributed by atoms with Gasteiger partial charge in [-0.25, -0.2) is 19.6 Å². The maximum Gasteiger partial charge on any atom is 0.376 e. The van der Waals surface area contributed by atoms with Gasteiger partial charge in [0.15, 0.2) is 0 Å². The molecule has 2 rings (SSSR count). The molecule has 1 fully saturated rings. The number of rotatable bonds is 3. The molecule has 7 nitrogen and oxygen atoms in total. The van der Waals surface area contributed by atoms with Crippen LogP contribution in [0.1, 0.15) is 29.2 Å². The summed E-state index contributed by atoms with van der Waals surface area (Å²) < 4.78 is 9.43. The minimum atomic E-state index is -0.594. The van der Waals surface area contributed by atoms with Crippen LogP contribution in [-0.2, 0) is 14.3 Å². The van der Waals surface area contributed by atoms with Crippen LogP contribution in [0.2, 0.25) is 0 Å². The molecule has 0 spiro atoms. The molecule has 1 atom stereocenters. The zero-order valence-corrected chi connectivity index (χ0v) is 11.8. The molecular formula is C13H17N3O4. The number of methoxy groups -OCH3 is 2. The van der Waals surface area contributed by atoms with Gasteiger partial charge in [0.1, 0.15) is 11.9 Å². The monoisotopic (exact) mass is 279 g/mol. The summed E-state index contributed by atoms with van der Waals surface area (Å²) >= 11 is 0. The van der Waals surface area contributed by atoms with Crippen LogP contribution in [0.3, 0.4) is 0 Å². The van der Waals surface area contributed by atoms with Crippen molar-refractivity contribution in [2.45, 2.75) is 25.8 Å². The van der Waals surface area contributed by atoms with Crippen LogP contribution >= 0.6 is 0 Å². The zero-order valence-electron chi connectivity index (χ0n) is 11.8. The number of esters is 2. The molecule has 0 bridgehead atoms. The molecule has 0 aromatic carbocycles. The van der Waals surface area contributed by atoms with Crippen molar-refractivity contribution in [1.82, 2.24) is 9.97 Å². The molecule has 0 saturated carbocycles. The highest BCUT2D eigenvalue weighted by molar-refractivity contribution is 5.86. The highest BCUT2D eigenvalue weighted by Gasteiger charge is 2.33. The van der Waals surface area contributed by atoms with Gasteiger partial charge in [-0.2, -0.15) is 0 Å². The van der Waals surface area contributed by atoms with E-state index in [9.17, 15) is 9.59 Å². The van der Waals surface area contributed by atoms with Crippen LogP contribution in [-0.4, -0.2) is 48.7 Å². The van der Waals surface area contributed by atoms with Crippen molar-refractivity contribution >= 4 is 17.8 Å². The fourth-order valence-electron chi connectivity index (χ4n) is 2.30. The fraction of sp³-hybridized carbons (Fsp3) is 0.538. The number of aryl methyl sites for hydroxylation is 1. The Balaban J connectivity index is 2.34. The molecule has 7 heteroatoms. The predicted molar refractivity (Wildman–Crippen MR) is 70.5 cm³/mol. The van der Waals surface area contributed by atoms with Gasteiger partial charge in [0, 0.05) is 18.3 Å². The van der Waals surface area contributed by atoms with Crippen LogP contribution in [0.15, 0.2) is 6.07 Å². The lowest BCUT2D eigenvalue weighted by molar-refractivity contribution is -0.141. The molecule has 1 saturated heterocycles. The Morgan fingerprint density at radius 2 is 2.05 bits per heavy atom. The third-order valence-corrected chi connectivity index (χ3v) is 3.23. The molecular weight excluding hydrogens is 262 g/mol. The van der Waals surface area contributed by atoms with Gasteiger partial charge in [-0.3, -0.25) is 0 Å². The van der Waals surface area contributed by atoms with Crippen molar-refractivity contribution in [3.05, 3.63) is 17.6 Å². The van der Waals surface area contributed by atoms with Gasteiger partial charge in [0.05, 0.1) is 14.2 Å². The first kappa shape index (κ1) is 14.2. The molecule has 0 N–H and O–H groups in total. The zero-order chi connectivity index (χ0) is 14.7. The minimum Gasteiger partial charge on any atom is -0.467 e. The maximum absolute atomic E-state index is 11.8. The summed E-state index contributed by atoms with van der Waals surface area (Å²) in [5.41, 5.74) is 0.644. The number of carbonyl (C=O) groups is 2. The lowest BCUT2D eigenvalue weighted by Gasteiger charge is -2.24. The molecule has 1 aromatic heterocycles. The predicted octanol–water partition coefficient (Wildman–Crippen LogP) is 0.713. The Labute approximate surface area is 116 Å². The molecule has 0 amide bonds. The average molecular weight is 279 g/mol. The van der Waals surface area contributed by atoms with Gasteiger partial charge in [-0.15, -0.1) is 0 Å². The van der Waals surface area contributed by atoms with Gasteiger partial charge in [-0.05, 0) is 19.8 Å². The molecule has 2 heterocycles. The molecule has 108 valence electrons. The number of carbonyl (C=O) groups excluding carboxylic acids is 2. The smallest absolute Gasteiger partial charge is 0.376 e. The average Bonchev–Trinajstić information content (AvgIpc) is 2.94. The van der Waals surface area contributed by atoms with E-state index in [1.165, 1.54) is 14.2 Å². The molecule has 1 aliphatic heterocycles. The largest absolute Gasteiger partial charge is 0.467 e. The highest BCUT2D eigenvalue weighted by Crippen LogP contribution is 2.25. The highest BCUT2D eigenvalue weighted by atomic mass is 16.5. The van der Waals surface area contributed by atoms with E-state index in [2.05, 4.69) is 14.7 Å². The summed E-state index contributed by atoms with van der Waals surface area (Å²) in [4.78, 5) is 33.4. The third-order valence-electron chi connectivity index (χ3n) is 3.23. The van der Waals surface area contributed by atoms with E-state index in [0.717, 1.165) is 6.42 Å². The number of ether oxygens (including phenoxy) is 2. The minimum absolute atomic E-state index is 0.00184. The SMILES string of the molecule is COC(=O)c1nc(C)cc(N2CCCC2C(=O)OC)n1. The molecule has 0 radical (unpaired) electrons. The van der Waals surface area contributed by atoms with Gasteiger partial charge in [0.25, 0.3) is 0 Å². The first-order chi connectivity index (χ1) is 9.56. The summed E-state index contributed by atoms with van der Waals surface area (Å²) in [5.74, 6) is -0.342. The van der Waals surface area contributed by atoms with Crippen molar-refractivity contribution in [2.75, 3.05) is 25.7 Å². The molecule has 0 aliphatic carbocycles. The van der Waals surface area contributed by atoms with Gasteiger partial charge >= 0.3 is 11.9 Å². The van der Waals surface area contributed by atoms with Crippen molar-refractivity contribution < 1.29 is 19.1 Å². The number of hydrogen-bond acceptors (Lipinski definition) is 7. The number of anilines is 1. The van der Waals surface area contributed by atoms with Crippen LogP contribution in [0, 0.1) is 6.92 Å². The van der Waals surface area contributed by atoms with Gasteiger partial charge < -0.3 is 14.4 Å². The van der Waals surface area contributed by atoms with E-state index in [1.54, 1.807) is 13.0 Å². The van der Waals surface area contributed by atoms with Crippen molar-refractivity contribution in [2.24, 2.45) is 0 Å². The van der Waals surface area contributed by atoms with Crippen LogP contribution in [0.25, 0.3) is 0 Å². The second kappa shape index (κ2) is 5.85. The molecule has 1 unspecified atom stereocenters. The first-order valence-electron chi connectivity index (χ1n) is 6.35. The Hall–Kier alpha value is -2.18. The number of aromatic nitrogens is 2. The summed E-state index contributed by atoms with van der Waals surface area (Å²) in [6, 6.07) is 1.38. The molecule has 20 heavy (non-hydrogen) atoms. The summed E-state index contributed by atoms with van der Waals surface area (Å²) in [5, 5.41) is 0. The second-order valence-electron chi connectivity index (χ2n) is 4.56. The Morgan fingerprint density at radius 3 is 2.70 bits per heavy atom. The Kier molecular flexibility index (Phi) is 4.16. The summed E-state index contributed by atoms with van der Waals surface area (Å²) in [6.45, 7) is 2.46. The van der Waals surface area contributed by atoms with E-state index in [4.69, 9.17) is 4.74 Å². The van der Waals surface area contributed by atoms with Crippen molar-refractivity contribution in [3.8, 4) is 0 Å². The van der Waals surface area contributed by atoms with Crippen molar-refractivity contribution in [1.29, 1.82) is 0 Å². The lowest BCUT2D eigenvalue weighted by atomic mass is 10.2. The van der Waals surface area contributed by atoms with E-state index >= 15 is 0 Å². The molecule has 1 aliphatic rings. The van der Waals surface area contributed by atoms with Gasteiger partial charge in [0.2, 0.25) is 5.82 Å². The van der Waals surface area contributed by atoms with E-state index in [0.29, 0.717) is 24.5 Å². The Morgan fingerprint density at radius 1 is 1.30 bits per heavy atom. The normalized spacial score (nSPS) is 17.9. The topological polar surface area (TPSA) is 81.6 Å².